The molecule has 2 aromatic heterocycles. The van der Waals surface area contributed by atoms with Gasteiger partial charge in [0.2, 0.25) is 0 Å². The van der Waals surface area contributed by atoms with Crippen molar-refractivity contribution in [3.05, 3.63) is 182 Å². The third kappa shape index (κ3) is 5.04. The van der Waals surface area contributed by atoms with E-state index in [4.69, 9.17) is 15.0 Å². The lowest BCUT2D eigenvalue weighted by Crippen LogP contribution is -2.00. The van der Waals surface area contributed by atoms with E-state index in [0.717, 1.165) is 33.5 Å². The monoisotopic (exact) mass is 650 g/mol. The van der Waals surface area contributed by atoms with Crippen LogP contribution < -0.4 is 0 Å². The maximum atomic E-state index is 5.05. The average Bonchev–Trinajstić information content (AvgIpc) is 3.56. The minimum absolute atomic E-state index is 0.634. The molecule has 0 N–H and O–H groups in total. The molecule has 238 valence electrons. The van der Waals surface area contributed by atoms with Crippen LogP contribution in [0.2, 0.25) is 0 Å². The van der Waals surface area contributed by atoms with Crippen molar-refractivity contribution in [2.45, 2.75) is 0 Å². The Hall–Kier alpha value is -6.91. The first-order chi connectivity index (χ1) is 25.3. The van der Waals surface area contributed by atoms with Crippen molar-refractivity contribution in [1.29, 1.82) is 0 Å². The molecule has 0 aliphatic rings. The summed E-state index contributed by atoms with van der Waals surface area (Å²) in [5.41, 5.74) is 11.0. The van der Waals surface area contributed by atoms with Crippen LogP contribution in [0.5, 0.6) is 0 Å². The first kappa shape index (κ1) is 29.0. The lowest BCUT2D eigenvalue weighted by Gasteiger charge is -2.11. The van der Waals surface area contributed by atoms with Gasteiger partial charge in [0.25, 0.3) is 0 Å². The molecule has 0 unspecified atom stereocenters. The summed E-state index contributed by atoms with van der Waals surface area (Å²) in [6.07, 6.45) is 0. The maximum Gasteiger partial charge on any atom is 0.164 e. The Kier molecular flexibility index (Phi) is 6.78. The van der Waals surface area contributed by atoms with Crippen LogP contribution in [0.1, 0.15) is 0 Å². The topological polar surface area (TPSA) is 43.6 Å². The van der Waals surface area contributed by atoms with Crippen LogP contribution in [0.25, 0.3) is 94.7 Å². The molecule has 10 rings (SSSR count). The van der Waals surface area contributed by atoms with E-state index in [1.807, 2.05) is 12.1 Å². The number of hydrogen-bond acceptors (Lipinski definition) is 3. The standard InChI is InChI=1S/C47H30N4/c1-3-9-31(10-4-1)33-17-23-37(24-18-33)45-48-46(38-25-19-34(20-26-38)32-11-5-2-6-12-32)50-47(49-45)39-27-29-40(30-28-39)51-41-15-7-13-35-21-22-36-14-8-16-42(51)44(36)43(35)41/h1-30H. The number of aromatic nitrogens is 4. The second-order valence-corrected chi connectivity index (χ2v) is 12.9. The van der Waals surface area contributed by atoms with Crippen LogP contribution in [-0.4, -0.2) is 19.5 Å². The second-order valence-electron chi connectivity index (χ2n) is 12.9. The Labute approximate surface area is 295 Å². The molecule has 0 saturated heterocycles. The highest BCUT2D eigenvalue weighted by Gasteiger charge is 2.17. The van der Waals surface area contributed by atoms with Gasteiger partial charge in [-0.3, -0.25) is 0 Å². The first-order valence-electron chi connectivity index (χ1n) is 17.2. The van der Waals surface area contributed by atoms with Gasteiger partial charge in [0.1, 0.15) is 0 Å². The Balaban J connectivity index is 1.08. The third-order valence-corrected chi connectivity index (χ3v) is 9.84. The highest BCUT2D eigenvalue weighted by atomic mass is 15.0. The summed E-state index contributed by atoms with van der Waals surface area (Å²) in [5, 5.41) is 5.12. The number of rotatable bonds is 6. The Morgan fingerprint density at radius 2 is 0.627 bits per heavy atom. The maximum absolute atomic E-state index is 5.05. The van der Waals surface area contributed by atoms with Crippen molar-refractivity contribution in [3.8, 4) is 62.1 Å². The van der Waals surface area contributed by atoms with Gasteiger partial charge < -0.3 is 4.57 Å². The largest absolute Gasteiger partial charge is 0.309 e. The van der Waals surface area contributed by atoms with Gasteiger partial charge in [-0.2, -0.15) is 0 Å². The summed E-state index contributed by atoms with van der Waals surface area (Å²) in [5.74, 6) is 1.91. The molecule has 0 radical (unpaired) electrons. The van der Waals surface area contributed by atoms with Crippen molar-refractivity contribution in [2.24, 2.45) is 0 Å². The smallest absolute Gasteiger partial charge is 0.164 e. The van der Waals surface area contributed by atoms with Gasteiger partial charge in [-0.1, -0.05) is 146 Å². The van der Waals surface area contributed by atoms with Crippen molar-refractivity contribution < 1.29 is 0 Å². The zero-order valence-electron chi connectivity index (χ0n) is 27.6. The summed E-state index contributed by atoms with van der Waals surface area (Å²) in [6, 6.07) is 63.9. The van der Waals surface area contributed by atoms with Crippen molar-refractivity contribution in [2.75, 3.05) is 0 Å². The van der Waals surface area contributed by atoms with Crippen LogP contribution in [0.4, 0.5) is 0 Å². The van der Waals surface area contributed by atoms with Crippen molar-refractivity contribution in [1.82, 2.24) is 19.5 Å². The van der Waals surface area contributed by atoms with Crippen LogP contribution >= 0.6 is 0 Å². The highest BCUT2D eigenvalue weighted by molar-refractivity contribution is 6.24. The molecule has 0 amide bonds. The first-order valence-corrected chi connectivity index (χ1v) is 17.2. The van der Waals surface area contributed by atoms with Crippen LogP contribution in [0, 0.1) is 0 Å². The zero-order chi connectivity index (χ0) is 33.7. The molecule has 0 atom stereocenters. The minimum atomic E-state index is 0.634. The fourth-order valence-electron chi connectivity index (χ4n) is 7.31. The van der Waals surface area contributed by atoms with Gasteiger partial charge in [-0.05, 0) is 69.4 Å². The van der Waals surface area contributed by atoms with E-state index in [9.17, 15) is 0 Å². The van der Waals surface area contributed by atoms with Crippen molar-refractivity contribution in [3.63, 3.8) is 0 Å². The van der Waals surface area contributed by atoms with Gasteiger partial charge >= 0.3 is 0 Å². The predicted molar refractivity (Wildman–Crippen MR) is 210 cm³/mol. The summed E-state index contributed by atoms with van der Waals surface area (Å²) < 4.78 is 2.36. The normalized spacial score (nSPS) is 11.5. The van der Waals surface area contributed by atoms with E-state index < -0.39 is 0 Å². The van der Waals surface area contributed by atoms with Gasteiger partial charge in [0, 0.05) is 33.2 Å². The quantitative estimate of drug-likeness (QED) is 0.168. The molecule has 0 bridgehead atoms. The second kappa shape index (κ2) is 11.9. The SMILES string of the molecule is c1ccc(-c2ccc(-c3nc(-c4ccc(-c5ccccc5)cc4)nc(-c4ccc(-n5c6cccc7ccc8cccc5c8c76)cc4)n3)cc2)cc1. The minimum Gasteiger partial charge on any atom is -0.309 e. The summed E-state index contributed by atoms with van der Waals surface area (Å²) in [7, 11) is 0. The zero-order valence-corrected chi connectivity index (χ0v) is 27.6. The molecule has 51 heavy (non-hydrogen) atoms. The van der Waals surface area contributed by atoms with E-state index in [1.54, 1.807) is 0 Å². The Morgan fingerprint density at radius 3 is 1.04 bits per heavy atom. The van der Waals surface area contributed by atoms with E-state index in [1.165, 1.54) is 43.7 Å². The van der Waals surface area contributed by atoms with Gasteiger partial charge in [0.05, 0.1) is 11.0 Å². The van der Waals surface area contributed by atoms with E-state index in [-0.39, 0.29) is 0 Å². The molecule has 0 fully saturated rings. The number of hydrogen-bond donors (Lipinski definition) is 0. The average molecular weight is 651 g/mol. The molecular weight excluding hydrogens is 621 g/mol. The molecule has 2 heterocycles. The molecule has 4 nitrogen and oxygen atoms in total. The molecule has 0 aliphatic heterocycles. The van der Waals surface area contributed by atoms with Gasteiger partial charge in [0.15, 0.2) is 17.5 Å². The van der Waals surface area contributed by atoms with E-state index >= 15 is 0 Å². The number of nitrogens with zero attached hydrogens (tertiary/aromatic N) is 4. The van der Waals surface area contributed by atoms with E-state index in [2.05, 4.69) is 174 Å². The van der Waals surface area contributed by atoms with Crippen LogP contribution in [0.15, 0.2) is 182 Å². The summed E-state index contributed by atoms with van der Waals surface area (Å²) >= 11 is 0. The van der Waals surface area contributed by atoms with Crippen molar-refractivity contribution >= 4 is 32.6 Å². The molecule has 4 heteroatoms. The molecule has 0 aliphatic carbocycles. The predicted octanol–water partition coefficient (Wildman–Crippen LogP) is 11.9. The summed E-state index contributed by atoms with van der Waals surface area (Å²) in [6.45, 7) is 0. The highest BCUT2D eigenvalue weighted by Crippen LogP contribution is 2.39. The van der Waals surface area contributed by atoms with Gasteiger partial charge in [-0.15, -0.1) is 0 Å². The lowest BCUT2D eigenvalue weighted by atomic mass is 10.0. The van der Waals surface area contributed by atoms with Crippen LogP contribution in [-0.2, 0) is 0 Å². The molecular formula is C47H30N4. The summed E-state index contributed by atoms with van der Waals surface area (Å²) in [4.78, 5) is 15.1. The fourth-order valence-corrected chi connectivity index (χ4v) is 7.31. The molecule has 0 spiro atoms. The molecule has 8 aromatic carbocycles. The Morgan fingerprint density at radius 1 is 0.275 bits per heavy atom. The number of benzene rings is 8. The molecule has 0 saturated carbocycles. The van der Waals surface area contributed by atoms with E-state index in [0.29, 0.717) is 17.5 Å². The third-order valence-electron chi connectivity index (χ3n) is 9.84. The fraction of sp³-hybridized carbons (Fsp3) is 0. The molecule has 10 aromatic rings. The Bertz CT molecular complexity index is 2630. The van der Waals surface area contributed by atoms with Crippen LogP contribution in [0.3, 0.4) is 0 Å². The van der Waals surface area contributed by atoms with Gasteiger partial charge in [-0.25, -0.2) is 15.0 Å². The lowest BCUT2D eigenvalue weighted by molar-refractivity contribution is 1.07.